The summed E-state index contributed by atoms with van der Waals surface area (Å²) in [6, 6.07) is 34.6. The average molecular weight is 446 g/mol. The molecule has 35 heavy (non-hydrogen) atoms. The van der Waals surface area contributed by atoms with Crippen LogP contribution in [0.1, 0.15) is 44.5 Å². The summed E-state index contributed by atoms with van der Waals surface area (Å²) in [6.07, 6.45) is 4.15. The fourth-order valence-electron chi connectivity index (χ4n) is 7.23. The average Bonchev–Trinajstić information content (AvgIpc) is 3.44. The highest BCUT2D eigenvalue weighted by atomic mass is 15.2. The lowest BCUT2D eigenvalue weighted by atomic mass is 9.84. The summed E-state index contributed by atoms with van der Waals surface area (Å²) in [4.78, 5) is 2.56. The fraction of sp³-hybridized carbons (Fsp3) is 0.118. The smallest absolute Gasteiger partial charge is 0.0532 e. The molecule has 4 aliphatic rings. The van der Waals surface area contributed by atoms with Crippen molar-refractivity contribution in [2.24, 2.45) is 0 Å². The van der Waals surface area contributed by atoms with Crippen LogP contribution in [0.5, 0.6) is 0 Å². The van der Waals surface area contributed by atoms with Crippen LogP contribution in [0.3, 0.4) is 0 Å². The first-order valence-electron chi connectivity index (χ1n) is 12.7. The maximum atomic E-state index is 2.56. The van der Waals surface area contributed by atoms with E-state index >= 15 is 0 Å². The molecule has 2 heterocycles. The maximum absolute atomic E-state index is 2.56. The Labute approximate surface area is 205 Å². The molecular weight excluding hydrogens is 422 g/mol. The summed E-state index contributed by atoms with van der Waals surface area (Å²) < 4.78 is 0. The van der Waals surface area contributed by atoms with Crippen molar-refractivity contribution in [1.29, 1.82) is 0 Å². The zero-order chi connectivity index (χ0) is 22.7. The summed E-state index contributed by atoms with van der Waals surface area (Å²) in [5, 5.41) is 0. The van der Waals surface area contributed by atoms with Crippen LogP contribution in [-0.4, -0.2) is 0 Å². The van der Waals surface area contributed by atoms with Crippen molar-refractivity contribution in [2.75, 3.05) is 4.90 Å². The number of anilines is 3. The van der Waals surface area contributed by atoms with Gasteiger partial charge in [0.15, 0.2) is 0 Å². The van der Waals surface area contributed by atoms with Gasteiger partial charge in [0.1, 0.15) is 0 Å². The Hall–Kier alpha value is -4.10. The fourth-order valence-corrected chi connectivity index (χ4v) is 7.23. The van der Waals surface area contributed by atoms with E-state index in [0.29, 0.717) is 0 Å². The monoisotopic (exact) mass is 445 g/mol. The largest absolute Gasteiger partial charge is 0.309 e. The number of fused-ring (bicyclic) bond motifs is 11. The van der Waals surface area contributed by atoms with Gasteiger partial charge in [-0.05, 0) is 97.8 Å². The molecular formula is C34H23N. The zero-order valence-electron chi connectivity index (χ0n) is 19.4. The summed E-state index contributed by atoms with van der Waals surface area (Å²) in [7, 11) is 0. The van der Waals surface area contributed by atoms with Crippen molar-refractivity contribution >= 4 is 17.1 Å². The molecule has 2 aliphatic heterocycles. The third-order valence-corrected chi connectivity index (χ3v) is 8.73. The van der Waals surface area contributed by atoms with E-state index in [-0.39, 0.29) is 0 Å². The molecule has 5 aromatic rings. The van der Waals surface area contributed by atoms with E-state index < -0.39 is 0 Å². The van der Waals surface area contributed by atoms with Gasteiger partial charge >= 0.3 is 0 Å². The van der Waals surface area contributed by atoms with E-state index in [4.69, 9.17) is 0 Å². The molecule has 0 amide bonds. The minimum Gasteiger partial charge on any atom is -0.309 e. The van der Waals surface area contributed by atoms with Crippen LogP contribution in [0.25, 0.3) is 22.3 Å². The van der Waals surface area contributed by atoms with Gasteiger partial charge in [-0.25, -0.2) is 0 Å². The first-order chi connectivity index (χ1) is 17.3. The Morgan fingerprint density at radius 2 is 1.09 bits per heavy atom. The second kappa shape index (κ2) is 6.31. The molecule has 9 rings (SSSR count). The molecule has 5 aromatic carbocycles. The number of rotatable bonds is 0. The first kappa shape index (κ1) is 18.3. The van der Waals surface area contributed by atoms with Crippen molar-refractivity contribution in [3.05, 3.63) is 136 Å². The van der Waals surface area contributed by atoms with Gasteiger partial charge in [0.2, 0.25) is 0 Å². The third kappa shape index (κ3) is 2.29. The topological polar surface area (TPSA) is 3.24 Å². The third-order valence-electron chi connectivity index (χ3n) is 8.73. The number of benzene rings is 5. The van der Waals surface area contributed by atoms with Gasteiger partial charge in [0.05, 0.1) is 11.4 Å². The Kier molecular flexibility index (Phi) is 3.29. The van der Waals surface area contributed by atoms with Crippen molar-refractivity contribution in [3.63, 3.8) is 0 Å². The first-order valence-corrected chi connectivity index (χ1v) is 12.7. The van der Waals surface area contributed by atoms with Gasteiger partial charge in [0, 0.05) is 18.5 Å². The van der Waals surface area contributed by atoms with Gasteiger partial charge in [-0.15, -0.1) is 0 Å². The minimum absolute atomic E-state index is 1.02. The number of hydrogen-bond acceptors (Lipinski definition) is 1. The van der Waals surface area contributed by atoms with E-state index in [0.717, 1.165) is 25.7 Å². The molecule has 0 aromatic heterocycles. The molecule has 1 heteroatoms. The van der Waals surface area contributed by atoms with Gasteiger partial charge in [0.25, 0.3) is 0 Å². The SMILES string of the molecule is c1ccc2c(c1)Cc1cc3c(cc1-2)-c1ccc2c(c1C3)Cc1cccc3c1N2c1ccccc1C3. The molecule has 0 spiro atoms. The van der Waals surface area contributed by atoms with E-state index in [9.17, 15) is 0 Å². The number of hydrogen-bond donors (Lipinski definition) is 0. The summed E-state index contributed by atoms with van der Waals surface area (Å²) >= 11 is 0. The van der Waals surface area contributed by atoms with Crippen LogP contribution in [0.2, 0.25) is 0 Å². The lowest BCUT2D eigenvalue weighted by Gasteiger charge is -2.40. The molecule has 1 nitrogen and oxygen atoms in total. The van der Waals surface area contributed by atoms with E-state index in [1.807, 2.05) is 0 Å². The summed E-state index contributed by atoms with van der Waals surface area (Å²) in [5.41, 5.74) is 21.7. The van der Waals surface area contributed by atoms with Crippen LogP contribution in [0.15, 0.2) is 91.0 Å². The molecule has 0 saturated heterocycles. The van der Waals surface area contributed by atoms with Crippen LogP contribution in [0, 0.1) is 0 Å². The predicted molar refractivity (Wildman–Crippen MR) is 143 cm³/mol. The van der Waals surface area contributed by atoms with Crippen LogP contribution in [-0.2, 0) is 25.7 Å². The quantitative estimate of drug-likeness (QED) is 0.228. The van der Waals surface area contributed by atoms with Crippen molar-refractivity contribution < 1.29 is 0 Å². The molecule has 0 radical (unpaired) electrons. The molecule has 164 valence electrons. The normalized spacial score (nSPS) is 14.9. The van der Waals surface area contributed by atoms with Gasteiger partial charge < -0.3 is 4.90 Å². The second-order valence-corrected chi connectivity index (χ2v) is 10.5. The molecule has 0 fully saturated rings. The standard InChI is InChI=1S/C34H23N/c1-3-10-26-20(6-1)14-24-16-25-18-30-27(29(25)19-28(24)26)12-13-33-31(30)17-23-9-5-8-22-15-21-7-2-4-11-32(21)35(33)34(22)23/h1-13,16,19H,14-15,17-18H2. The molecule has 0 bridgehead atoms. The highest BCUT2D eigenvalue weighted by Gasteiger charge is 2.35. The molecule has 0 saturated carbocycles. The van der Waals surface area contributed by atoms with E-state index in [1.54, 1.807) is 0 Å². The van der Waals surface area contributed by atoms with Crippen molar-refractivity contribution in [1.82, 2.24) is 0 Å². The van der Waals surface area contributed by atoms with Gasteiger partial charge in [-0.1, -0.05) is 72.8 Å². The lowest BCUT2D eigenvalue weighted by molar-refractivity contribution is 0.997. The maximum Gasteiger partial charge on any atom is 0.0532 e. The lowest BCUT2D eigenvalue weighted by Crippen LogP contribution is -2.25. The Bertz CT molecular complexity index is 1760. The van der Waals surface area contributed by atoms with Crippen LogP contribution < -0.4 is 4.90 Å². The predicted octanol–water partition coefficient (Wildman–Crippen LogP) is 8.11. The summed E-state index contributed by atoms with van der Waals surface area (Å²) in [6.45, 7) is 0. The highest BCUT2D eigenvalue weighted by molar-refractivity contribution is 5.94. The Morgan fingerprint density at radius 1 is 0.400 bits per heavy atom. The molecule has 2 aliphatic carbocycles. The minimum atomic E-state index is 1.02. The second-order valence-electron chi connectivity index (χ2n) is 10.5. The van der Waals surface area contributed by atoms with Gasteiger partial charge in [-0.2, -0.15) is 0 Å². The van der Waals surface area contributed by atoms with Gasteiger partial charge in [-0.3, -0.25) is 0 Å². The van der Waals surface area contributed by atoms with Crippen LogP contribution in [0.4, 0.5) is 17.1 Å². The van der Waals surface area contributed by atoms with Crippen LogP contribution >= 0.6 is 0 Å². The highest BCUT2D eigenvalue weighted by Crippen LogP contribution is 2.54. The van der Waals surface area contributed by atoms with Crippen molar-refractivity contribution in [3.8, 4) is 22.3 Å². The number of para-hydroxylation sites is 2. The molecule has 0 N–H and O–H groups in total. The van der Waals surface area contributed by atoms with E-state index in [1.165, 1.54) is 83.8 Å². The van der Waals surface area contributed by atoms with E-state index in [2.05, 4.69) is 95.9 Å². The Morgan fingerprint density at radius 3 is 2.03 bits per heavy atom. The van der Waals surface area contributed by atoms with Crippen molar-refractivity contribution in [2.45, 2.75) is 25.7 Å². The summed E-state index contributed by atoms with van der Waals surface area (Å²) in [5.74, 6) is 0. The molecule has 0 unspecified atom stereocenters. The number of nitrogens with zero attached hydrogens (tertiary/aromatic N) is 1. The zero-order valence-corrected chi connectivity index (χ0v) is 19.4. The molecule has 0 atom stereocenters. The Balaban J connectivity index is 1.26.